The highest BCUT2D eigenvalue weighted by Crippen LogP contribution is 2.42. The molecule has 0 spiro atoms. The van der Waals surface area contributed by atoms with Gasteiger partial charge in [-0.25, -0.2) is 0 Å². The molecule has 2 aromatic rings. The monoisotopic (exact) mass is 320 g/mol. The quantitative estimate of drug-likeness (QED) is 0.620. The maximum Gasteiger partial charge on any atom is 0.416 e. The van der Waals surface area contributed by atoms with Crippen LogP contribution in [0.3, 0.4) is 0 Å². The predicted octanol–water partition coefficient (Wildman–Crippen LogP) is 4.44. The number of nitro benzene ring substituents is 1. The van der Waals surface area contributed by atoms with Crippen molar-refractivity contribution in [2.45, 2.75) is 18.5 Å². The largest absolute Gasteiger partial charge is 0.416 e. The second-order valence-corrected chi connectivity index (χ2v) is 5.09. The summed E-state index contributed by atoms with van der Waals surface area (Å²) < 4.78 is 40.0. The Morgan fingerprint density at radius 3 is 2.17 bits per heavy atom. The van der Waals surface area contributed by atoms with Crippen molar-refractivity contribution in [3.63, 3.8) is 0 Å². The molecule has 0 fully saturated rings. The molecule has 0 unspecified atom stereocenters. The van der Waals surface area contributed by atoms with Gasteiger partial charge in [0.25, 0.3) is 5.69 Å². The maximum absolute atomic E-state index is 13.3. The van der Waals surface area contributed by atoms with Gasteiger partial charge in [-0.15, -0.1) is 0 Å². The van der Waals surface area contributed by atoms with Crippen LogP contribution in [0.5, 0.6) is 0 Å². The number of alkyl halides is 3. The number of rotatable bonds is 3. The zero-order chi connectivity index (χ0) is 17.3. The molecule has 7 heteroatoms. The van der Waals surface area contributed by atoms with E-state index in [-0.39, 0.29) is 5.56 Å². The SMILES string of the molecule is C[C@@](C#N)(c1ccccc1)c1ccc([N+](=O)[O-])cc1C(F)(F)F. The summed E-state index contributed by atoms with van der Waals surface area (Å²) in [6.45, 7) is 1.36. The van der Waals surface area contributed by atoms with Crippen molar-refractivity contribution in [3.8, 4) is 6.07 Å². The molecule has 4 nitrogen and oxygen atoms in total. The van der Waals surface area contributed by atoms with Crippen LogP contribution in [0.2, 0.25) is 0 Å². The van der Waals surface area contributed by atoms with Gasteiger partial charge in [-0.05, 0) is 24.1 Å². The van der Waals surface area contributed by atoms with Crippen molar-refractivity contribution in [2.24, 2.45) is 0 Å². The van der Waals surface area contributed by atoms with Crippen molar-refractivity contribution in [3.05, 3.63) is 75.3 Å². The maximum atomic E-state index is 13.3. The average Bonchev–Trinajstić information content (AvgIpc) is 2.53. The third-order valence-corrected chi connectivity index (χ3v) is 3.63. The van der Waals surface area contributed by atoms with E-state index in [0.29, 0.717) is 11.6 Å². The molecule has 0 amide bonds. The zero-order valence-corrected chi connectivity index (χ0v) is 12.0. The van der Waals surface area contributed by atoms with Crippen LogP contribution in [0.15, 0.2) is 48.5 Å². The summed E-state index contributed by atoms with van der Waals surface area (Å²) in [5, 5.41) is 20.3. The second-order valence-electron chi connectivity index (χ2n) is 5.09. The molecular weight excluding hydrogens is 309 g/mol. The molecule has 0 saturated heterocycles. The van der Waals surface area contributed by atoms with Gasteiger partial charge in [-0.3, -0.25) is 10.1 Å². The smallest absolute Gasteiger partial charge is 0.258 e. The number of benzene rings is 2. The van der Waals surface area contributed by atoms with Crippen molar-refractivity contribution < 1.29 is 18.1 Å². The van der Waals surface area contributed by atoms with Crippen molar-refractivity contribution in [1.82, 2.24) is 0 Å². The minimum absolute atomic E-state index is 0.315. The number of non-ortho nitro benzene ring substituents is 1. The van der Waals surface area contributed by atoms with Gasteiger partial charge in [0.05, 0.1) is 16.6 Å². The summed E-state index contributed by atoms with van der Waals surface area (Å²) in [4.78, 5) is 9.86. The number of hydrogen-bond donors (Lipinski definition) is 0. The summed E-state index contributed by atoms with van der Waals surface area (Å²) in [5.74, 6) is 0. The zero-order valence-electron chi connectivity index (χ0n) is 12.0. The second kappa shape index (κ2) is 5.72. The Bertz CT molecular complexity index is 782. The average molecular weight is 320 g/mol. The predicted molar refractivity (Wildman–Crippen MR) is 76.6 cm³/mol. The Hall–Kier alpha value is -2.88. The molecule has 23 heavy (non-hydrogen) atoms. The van der Waals surface area contributed by atoms with Crippen LogP contribution < -0.4 is 0 Å². The molecule has 0 bridgehead atoms. The van der Waals surface area contributed by atoms with E-state index < -0.39 is 27.8 Å². The molecule has 0 aromatic heterocycles. The Labute approximate surface area is 129 Å². The van der Waals surface area contributed by atoms with E-state index in [1.165, 1.54) is 6.92 Å². The molecule has 118 valence electrons. The number of hydrogen-bond acceptors (Lipinski definition) is 3. The molecular formula is C16H11F3N2O2. The normalized spacial score (nSPS) is 13.9. The van der Waals surface area contributed by atoms with Gasteiger partial charge in [-0.1, -0.05) is 30.3 Å². The fraction of sp³-hybridized carbons (Fsp3) is 0.188. The van der Waals surface area contributed by atoms with E-state index >= 15 is 0 Å². The van der Waals surface area contributed by atoms with Crippen LogP contribution in [0.1, 0.15) is 23.6 Å². The molecule has 2 rings (SSSR count). The lowest BCUT2D eigenvalue weighted by molar-refractivity contribution is -0.385. The fourth-order valence-electron chi connectivity index (χ4n) is 2.37. The first-order valence-corrected chi connectivity index (χ1v) is 6.53. The summed E-state index contributed by atoms with van der Waals surface area (Å²) in [6.07, 6.45) is -4.81. The van der Waals surface area contributed by atoms with Gasteiger partial charge in [0.2, 0.25) is 0 Å². The van der Waals surface area contributed by atoms with Crippen LogP contribution in [-0.2, 0) is 11.6 Å². The van der Waals surface area contributed by atoms with E-state index in [0.717, 1.165) is 12.1 Å². The summed E-state index contributed by atoms with van der Waals surface area (Å²) in [5.41, 5.74) is -3.37. The highest BCUT2D eigenvalue weighted by molar-refractivity contribution is 5.52. The molecule has 0 saturated carbocycles. The lowest BCUT2D eigenvalue weighted by Crippen LogP contribution is -2.26. The molecule has 1 atom stereocenters. The Kier molecular flexibility index (Phi) is 4.10. The van der Waals surface area contributed by atoms with E-state index in [2.05, 4.69) is 0 Å². The van der Waals surface area contributed by atoms with Crippen molar-refractivity contribution >= 4 is 5.69 Å². The standard InChI is InChI=1S/C16H11F3N2O2/c1-15(10-20,11-5-3-2-4-6-11)13-8-7-12(21(22)23)9-14(13)16(17,18)19/h2-9H,1H3/t15-/m1/s1. The third kappa shape index (κ3) is 3.01. The Balaban J connectivity index is 2.76. The van der Waals surface area contributed by atoms with E-state index in [9.17, 15) is 28.5 Å². The molecule has 0 aliphatic heterocycles. The molecule has 0 N–H and O–H groups in total. The summed E-state index contributed by atoms with van der Waals surface area (Å²) in [7, 11) is 0. The molecule has 2 aromatic carbocycles. The van der Waals surface area contributed by atoms with Crippen LogP contribution in [0.25, 0.3) is 0 Å². The highest BCUT2D eigenvalue weighted by Gasteiger charge is 2.41. The van der Waals surface area contributed by atoms with Crippen molar-refractivity contribution in [2.75, 3.05) is 0 Å². The van der Waals surface area contributed by atoms with Gasteiger partial charge in [0.1, 0.15) is 5.41 Å². The number of halogens is 3. The van der Waals surface area contributed by atoms with Gasteiger partial charge in [-0.2, -0.15) is 18.4 Å². The van der Waals surface area contributed by atoms with Gasteiger partial charge >= 0.3 is 6.18 Å². The van der Waals surface area contributed by atoms with E-state index in [4.69, 9.17) is 0 Å². The van der Waals surface area contributed by atoms with Gasteiger partial charge < -0.3 is 0 Å². The topological polar surface area (TPSA) is 66.9 Å². The number of nitrogens with zero attached hydrogens (tertiary/aromatic N) is 2. The molecule has 0 aliphatic rings. The van der Waals surface area contributed by atoms with Crippen molar-refractivity contribution in [1.29, 1.82) is 5.26 Å². The first-order valence-electron chi connectivity index (χ1n) is 6.53. The molecule has 0 heterocycles. The van der Waals surface area contributed by atoms with Gasteiger partial charge in [0.15, 0.2) is 0 Å². The van der Waals surface area contributed by atoms with Gasteiger partial charge in [0, 0.05) is 12.1 Å². The third-order valence-electron chi connectivity index (χ3n) is 3.63. The highest BCUT2D eigenvalue weighted by atomic mass is 19.4. The minimum atomic E-state index is -4.81. The van der Waals surface area contributed by atoms with E-state index in [1.807, 2.05) is 6.07 Å². The molecule has 0 aliphatic carbocycles. The summed E-state index contributed by atoms with van der Waals surface area (Å²) >= 11 is 0. The lowest BCUT2D eigenvalue weighted by Gasteiger charge is -2.26. The van der Waals surface area contributed by atoms with Crippen LogP contribution in [0.4, 0.5) is 18.9 Å². The minimum Gasteiger partial charge on any atom is -0.258 e. The first kappa shape index (κ1) is 16.5. The molecule has 0 radical (unpaired) electrons. The van der Waals surface area contributed by atoms with Crippen LogP contribution in [0, 0.1) is 21.4 Å². The number of nitriles is 1. The van der Waals surface area contributed by atoms with E-state index in [1.54, 1.807) is 30.3 Å². The van der Waals surface area contributed by atoms with Crippen LogP contribution in [-0.4, -0.2) is 4.92 Å². The number of nitro groups is 1. The Morgan fingerprint density at radius 1 is 1.09 bits per heavy atom. The fourth-order valence-corrected chi connectivity index (χ4v) is 2.37. The van der Waals surface area contributed by atoms with Crippen LogP contribution >= 0.6 is 0 Å². The summed E-state index contributed by atoms with van der Waals surface area (Å²) in [6, 6.07) is 12.3. The lowest BCUT2D eigenvalue weighted by atomic mass is 9.75. The Morgan fingerprint density at radius 2 is 1.70 bits per heavy atom. The first-order chi connectivity index (χ1) is 10.7.